The molecule has 124 valence electrons. The SMILES string of the molecule is CCC1(CCC(C)C)C(=O)NC(=O)N(Cc2ccccc2)C1=O. The maximum Gasteiger partial charge on any atom is 0.331 e. The summed E-state index contributed by atoms with van der Waals surface area (Å²) in [6.07, 6.45) is 1.62. The summed E-state index contributed by atoms with van der Waals surface area (Å²) < 4.78 is 0. The first-order chi connectivity index (χ1) is 10.9. The molecule has 1 heterocycles. The lowest BCUT2D eigenvalue weighted by Gasteiger charge is -2.39. The van der Waals surface area contributed by atoms with Crippen molar-refractivity contribution >= 4 is 17.8 Å². The minimum Gasteiger partial charge on any atom is -0.277 e. The lowest BCUT2D eigenvalue weighted by Crippen LogP contribution is -2.63. The standard InChI is InChI=1S/C18H24N2O3/c1-4-18(11-10-13(2)3)15(21)19-17(23)20(16(18)22)12-14-8-6-5-7-9-14/h5-9,13H,4,10-12H2,1-3H3,(H,19,21,23). The average molecular weight is 316 g/mol. The minimum atomic E-state index is -1.13. The van der Waals surface area contributed by atoms with Crippen LogP contribution in [0, 0.1) is 11.3 Å². The van der Waals surface area contributed by atoms with Gasteiger partial charge in [-0.05, 0) is 30.7 Å². The van der Waals surface area contributed by atoms with Gasteiger partial charge in [-0.25, -0.2) is 4.79 Å². The van der Waals surface area contributed by atoms with E-state index in [1.165, 1.54) is 4.90 Å². The average Bonchev–Trinajstić information content (AvgIpc) is 2.53. The van der Waals surface area contributed by atoms with E-state index in [4.69, 9.17) is 0 Å². The normalized spacial score (nSPS) is 21.7. The summed E-state index contributed by atoms with van der Waals surface area (Å²) in [5.41, 5.74) is -0.272. The highest BCUT2D eigenvalue weighted by Gasteiger charge is 2.52. The van der Waals surface area contributed by atoms with E-state index in [0.29, 0.717) is 18.8 Å². The Hall–Kier alpha value is -2.17. The second kappa shape index (κ2) is 6.94. The van der Waals surface area contributed by atoms with E-state index in [1.807, 2.05) is 37.3 Å². The minimum absolute atomic E-state index is 0.183. The molecular formula is C18H24N2O3. The number of carbonyl (C=O) groups excluding carboxylic acids is 3. The van der Waals surface area contributed by atoms with E-state index in [-0.39, 0.29) is 12.5 Å². The van der Waals surface area contributed by atoms with E-state index in [1.54, 1.807) is 0 Å². The van der Waals surface area contributed by atoms with Crippen LogP contribution in [0.2, 0.25) is 0 Å². The van der Waals surface area contributed by atoms with Gasteiger partial charge in [0.2, 0.25) is 11.8 Å². The van der Waals surface area contributed by atoms with Crippen molar-refractivity contribution in [3.05, 3.63) is 35.9 Å². The van der Waals surface area contributed by atoms with Gasteiger partial charge in [-0.1, -0.05) is 51.1 Å². The van der Waals surface area contributed by atoms with Crippen LogP contribution < -0.4 is 5.32 Å². The van der Waals surface area contributed by atoms with Gasteiger partial charge < -0.3 is 0 Å². The monoisotopic (exact) mass is 316 g/mol. The van der Waals surface area contributed by atoms with Crippen molar-refractivity contribution in [1.29, 1.82) is 0 Å². The van der Waals surface area contributed by atoms with Crippen molar-refractivity contribution in [1.82, 2.24) is 10.2 Å². The zero-order chi connectivity index (χ0) is 17.0. The van der Waals surface area contributed by atoms with Gasteiger partial charge in [-0.2, -0.15) is 0 Å². The Morgan fingerprint density at radius 1 is 1.13 bits per heavy atom. The Bertz CT molecular complexity index is 598. The van der Waals surface area contributed by atoms with Gasteiger partial charge in [0.05, 0.1) is 6.54 Å². The van der Waals surface area contributed by atoms with Gasteiger partial charge in [0.15, 0.2) is 0 Å². The van der Waals surface area contributed by atoms with E-state index in [0.717, 1.165) is 12.0 Å². The van der Waals surface area contributed by atoms with Crippen LogP contribution in [-0.4, -0.2) is 22.7 Å². The molecule has 0 aliphatic carbocycles. The van der Waals surface area contributed by atoms with Gasteiger partial charge >= 0.3 is 6.03 Å². The Balaban J connectivity index is 2.27. The van der Waals surface area contributed by atoms with Gasteiger partial charge in [-0.15, -0.1) is 0 Å². The van der Waals surface area contributed by atoms with Crippen LogP contribution in [0.4, 0.5) is 4.79 Å². The molecule has 1 aliphatic heterocycles. The number of nitrogens with one attached hydrogen (secondary N) is 1. The Morgan fingerprint density at radius 2 is 1.78 bits per heavy atom. The van der Waals surface area contributed by atoms with Gasteiger partial charge in [0.25, 0.3) is 0 Å². The quantitative estimate of drug-likeness (QED) is 0.820. The smallest absolute Gasteiger partial charge is 0.277 e. The number of carbonyl (C=O) groups is 3. The summed E-state index contributed by atoms with van der Waals surface area (Å²) in [5.74, 6) is -0.447. The molecule has 1 atom stereocenters. The van der Waals surface area contributed by atoms with E-state index in [9.17, 15) is 14.4 Å². The lowest BCUT2D eigenvalue weighted by molar-refractivity contribution is -0.153. The summed E-state index contributed by atoms with van der Waals surface area (Å²) in [4.78, 5) is 38.7. The third-order valence-corrected chi connectivity index (χ3v) is 4.49. The van der Waals surface area contributed by atoms with E-state index < -0.39 is 17.4 Å². The van der Waals surface area contributed by atoms with Crippen molar-refractivity contribution in [2.45, 2.75) is 46.6 Å². The molecule has 2 rings (SSSR count). The molecule has 0 spiro atoms. The Kier molecular flexibility index (Phi) is 5.19. The molecule has 4 amide bonds. The summed E-state index contributed by atoms with van der Waals surface area (Å²) in [7, 11) is 0. The van der Waals surface area contributed by atoms with E-state index >= 15 is 0 Å². The highest BCUT2D eigenvalue weighted by molar-refractivity contribution is 6.19. The largest absolute Gasteiger partial charge is 0.331 e. The molecular weight excluding hydrogens is 292 g/mol. The summed E-state index contributed by atoms with van der Waals surface area (Å²) in [5, 5.41) is 2.37. The van der Waals surface area contributed by atoms with Crippen molar-refractivity contribution in [2.24, 2.45) is 11.3 Å². The number of hydrogen-bond acceptors (Lipinski definition) is 3. The van der Waals surface area contributed by atoms with Crippen LogP contribution in [0.25, 0.3) is 0 Å². The predicted molar refractivity (Wildman–Crippen MR) is 87.3 cm³/mol. The van der Waals surface area contributed by atoms with Gasteiger partial charge in [-0.3, -0.25) is 19.8 Å². The summed E-state index contributed by atoms with van der Waals surface area (Å²) in [6.45, 7) is 6.12. The highest BCUT2D eigenvalue weighted by atomic mass is 16.2. The topological polar surface area (TPSA) is 66.5 Å². The number of amides is 4. The molecule has 1 fully saturated rings. The third-order valence-electron chi connectivity index (χ3n) is 4.49. The van der Waals surface area contributed by atoms with Crippen LogP contribution >= 0.6 is 0 Å². The molecule has 1 aromatic rings. The summed E-state index contributed by atoms with van der Waals surface area (Å²) >= 11 is 0. The molecule has 1 aliphatic rings. The second-order valence-corrected chi connectivity index (χ2v) is 6.50. The Morgan fingerprint density at radius 3 is 2.35 bits per heavy atom. The number of nitrogens with zero attached hydrogens (tertiary/aromatic N) is 1. The molecule has 0 saturated carbocycles. The van der Waals surface area contributed by atoms with Crippen molar-refractivity contribution < 1.29 is 14.4 Å². The molecule has 1 unspecified atom stereocenters. The molecule has 1 saturated heterocycles. The molecule has 0 bridgehead atoms. The van der Waals surface area contributed by atoms with Crippen LogP contribution in [0.3, 0.4) is 0 Å². The first-order valence-corrected chi connectivity index (χ1v) is 8.12. The van der Waals surface area contributed by atoms with Crippen molar-refractivity contribution in [2.75, 3.05) is 0 Å². The number of rotatable bonds is 6. The number of imide groups is 2. The fraction of sp³-hybridized carbons (Fsp3) is 0.500. The zero-order valence-electron chi connectivity index (χ0n) is 14.0. The lowest BCUT2D eigenvalue weighted by atomic mass is 9.75. The molecule has 23 heavy (non-hydrogen) atoms. The number of urea groups is 1. The maximum absolute atomic E-state index is 13.0. The van der Waals surface area contributed by atoms with Crippen molar-refractivity contribution in [3.8, 4) is 0 Å². The maximum atomic E-state index is 13.0. The number of benzene rings is 1. The van der Waals surface area contributed by atoms with Crippen LogP contribution in [0.15, 0.2) is 30.3 Å². The first-order valence-electron chi connectivity index (χ1n) is 8.12. The summed E-state index contributed by atoms with van der Waals surface area (Å²) in [6, 6.07) is 8.69. The molecule has 1 N–H and O–H groups in total. The van der Waals surface area contributed by atoms with Crippen molar-refractivity contribution in [3.63, 3.8) is 0 Å². The predicted octanol–water partition coefficient (Wildman–Crippen LogP) is 3.10. The zero-order valence-corrected chi connectivity index (χ0v) is 14.0. The van der Waals surface area contributed by atoms with Gasteiger partial charge in [0, 0.05) is 0 Å². The second-order valence-electron chi connectivity index (χ2n) is 6.50. The number of barbiturate groups is 1. The van der Waals surface area contributed by atoms with E-state index in [2.05, 4.69) is 19.2 Å². The van der Waals surface area contributed by atoms with Crippen LogP contribution in [-0.2, 0) is 16.1 Å². The molecule has 0 aromatic heterocycles. The fourth-order valence-electron chi connectivity index (χ4n) is 2.89. The van der Waals surface area contributed by atoms with Gasteiger partial charge in [0.1, 0.15) is 5.41 Å². The molecule has 0 radical (unpaired) electrons. The number of hydrogen-bond donors (Lipinski definition) is 1. The fourth-order valence-corrected chi connectivity index (χ4v) is 2.89. The first kappa shape index (κ1) is 17.2. The van der Waals surface area contributed by atoms with Crippen LogP contribution in [0.1, 0.15) is 45.6 Å². The molecule has 5 nitrogen and oxygen atoms in total. The highest BCUT2D eigenvalue weighted by Crippen LogP contribution is 2.35. The molecule has 1 aromatic carbocycles. The Labute approximate surface area is 137 Å². The molecule has 5 heteroatoms. The third kappa shape index (κ3) is 3.44. The van der Waals surface area contributed by atoms with Crippen LogP contribution in [0.5, 0.6) is 0 Å².